The minimum Gasteiger partial charge on any atom is -0.342 e. The summed E-state index contributed by atoms with van der Waals surface area (Å²) in [7, 11) is -3.02. The Labute approximate surface area is 119 Å². The number of carbonyl (C=O) groups is 2. The van der Waals surface area contributed by atoms with Crippen LogP contribution in [0.2, 0.25) is 0 Å². The van der Waals surface area contributed by atoms with E-state index in [0.29, 0.717) is 19.5 Å². The fraction of sp³-hybridized carbons (Fsp3) is 0.846. The Hall–Kier alpha value is -1.11. The molecule has 2 rings (SSSR count). The van der Waals surface area contributed by atoms with Crippen LogP contribution in [0.1, 0.15) is 32.6 Å². The van der Waals surface area contributed by atoms with E-state index in [0.717, 1.165) is 12.8 Å². The van der Waals surface area contributed by atoms with Crippen molar-refractivity contribution in [3.05, 3.63) is 0 Å². The third kappa shape index (κ3) is 3.50. The number of nitrogens with zero attached hydrogens (tertiary/aromatic N) is 1. The molecule has 2 amide bonds. The van der Waals surface area contributed by atoms with E-state index in [1.807, 2.05) is 0 Å². The average molecular weight is 302 g/mol. The number of hydrogen-bond acceptors (Lipinski definition) is 4. The van der Waals surface area contributed by atoms with Crippen molar-refractivity contribution in [2.45, 2.75) is 38.1 Å². The average Bonchev–Trinajstić information content (AvgIpc) is 3.14. The number of sulfone groups is 1. The molecule has 0 aromatic heterocycles. The van der Waals surface area contributed by atoms with Crippen LogP contribution in [0.3, 0.4) is 0 Å². The minimum atomic E-state index is -3.02. The molecule has 0 aromatic carbocycles. The summed E-state index contributed by atoms with van der Waals surface area (Å²) in [5, 5.41) is 2.86. The lowest BCUT2D eigenvalue weighted by molar-refractivity contribution is -0.139. The van der Waals surface area contributed by atoms with Crippen molar-refractivity contribution in [1.29, 1.82) is 0 Å². The standard InChI is InChI=1S/C13H22N2O4S/c1-13(10-4-5-10)12(17)15(8-6-11(16)14-13)7-3-9-20(2,18)19/h10H,3-9H2,1-2H3,(H,14,16). The van der Waals surface area contributed by atoms with E-state index in [-0.39, 0.29) is 29.9 Å². The van der Waals surface area contributed by atoms with Crippen LogP contribution in [0.25, 0.3) is 0 Å². The van der Waals surface area contributed by atoms with Crippen molar-refractivity contribution in [1.82, 2.24) is 10.2 Å². The quantitative estimate of drug-likeness (QED) is 0.771. The number of nitrogens with one attached hydrogen (secondary N) is 1. The summed E-state index contributed by atoms with van der Waals surface area (Å²) in [6, 6.07) is 0. The lowest BCUT2D eigenvalue weighted by atomic mass is 9.94. The highest BCUT2D eigenvalue weighted by atomic mass is 32.2. The van der Waals surface area contributed by atoms with Gasteiger partial charge in [0.2, 0.25) is 11.8 Å². The van der Waals surface area contributed by atoms with E-state index >= 15 is 0 Å². The van der Waals surface area contributed by atoms with Crippen LogP contribution < -0.4 is 5.32 Å². The van der Waals surface area contributed by atoms with Crippen LogP contribution in [0.4, 0.5) is 0 Å². The van der Waals surface area contributed by atoms with Crippen molar-refractivity contribution >= 4 is 21.7 Å². The third-order valence-electron chi connectivity index (χ3n) is 4.08. The summed E-state index contributed by atoms with van der Waals surface area (Å²) in [6.07, 6.45) is 3.81. The molecule has 1 aliphatic carbocycles. The number of carbonyl (C=O) groups excluding carboxylic acids is 2. The van der Waals surface area contributed by atoms with Gasteiger partial charge in [-0.25, -0.2) is 8.42 Å². The zero-order chi connectivity index (χ0) is 15.0. The van der Waals surface area contributed by atoms with Crippen molar-refractivity contribution in [3.8, 4) is 0 Å². The monoisotopic (exact) mass is 302 g/mol. The molecule has 1 atom stereocenters. The predicted octanol–water partition coefficient (Wildman–Crippen LogP) is -0.0617. The molecule has 1 N–H and O–H groups in total. The Morgan fingerprint density at radius 1 is 1.35 bits per heavy atom. The summed E-state index contributed by atoms with van der Waals surface area (Å²) in [5.41, 5.74) is -0.807. The van der Waals surface area contributed by atoms with Gasteiger partial charge in [0.05, 0.1) is 5.75 Å². The molecule has 1 saturated heterocycles. The molecule has 1 heterocycles. The summed E-state index contributed by atoms with van der Waals surface area (Å²) < 4.78 is 22.3. The van der Waals surface area contributed by atoms with E-state index in [1.165, 1.54) is 6.26 Å². The van der Waals surface area contributed by atoms with Crippen molar-refractivity contribution in [2.75, 3.05) is 25.1 Å². The summed E-state index contributed by atoms with van der Waals surface area (Å²) in [4.78, 5) is 26.0. The molecule has 0 spiro atoms. The summed E-state index contributed by atoms with van der Waals surface area (Å²) in [6.45, 7) is 2.56. The lowest BCUT2D eigenvalue weighted by Gasteiger charge is -2.32. The molecule has 114 valence electrons. The summed E-state index contributed by atoms with van der Waals surface area (Å²) >= 11 is 0. The van der Waals surface area contributed by atoms with Gasteiger partial charge in [0.1, 0.15) is 15.4 Å². The molecule has 1 unspecified atom stereocenters. The van der Waals surface area contributed by atoms with Crippen molar-refractivity contribution in [3.63, 3.8) is 0 Å². The highest BCUT2D eigenvalue weighted by Crippen LogP contribution is 2.41. The van der Waals surface area contributed by atoms with Crippen molar-refractivity contribution < 1.29 is 18.0 Å². The van der Waals surface area contributed by atoms with Gasteiger partial charge in [-0.05, 0) is 32.1 Å². The smallest absolute Gasteiger partial charge is 0.248 e. The van der Waals surface area contributed by atoms with Crippen LogP contribution in [0.5, 0.6) is 0 Å². The number of rotatable bonds is 5. The minimum absolute atomic E-state index is 0.0678. The first kappa shape index (κ1) is 15.3. The Balaban J connectivity index is 2.04. The lowest BCUT2D eigenvalue weighted by Crippen LogP contribution is -2.56. The molecule has 2 fully saturated rings. The van der Waals surface area contributed by atoms with Gasteiger partial charge in [0.15, 0.2) is 0 Å². The first-order valence-electron chi connectivity index (χ1n) is 7.00. The molecular weight excluding hydrogens is 280 g/mol. The zero-order valence-electron chi connectivity index (χ0n) is 12.0. The number of amides is 2. The summed E-state index contributed by atoms with van der Waals surface area (Å²) in [5.74, 6) is 0.116. The fourth-order valence-electron chi connectivity index (χ4n) is 2.74. The SMILES string of the molecule is CC1(C2CC2)NC(=O)CCN(CCCS(C)(=O)=O)C1=O. The van der Waals surface area contributed by atoms with Gasteiger partial charge in [-0.2, -0.15) is 0 Å². The van der Waals surface area contributed by atoms with Crippen LogP contribution >= 0.6 is 0 Å². The van der Waals surface area contributed by atoms with E-state index in [9.17, 15) is 18.0 Å². The van der Waals surface area contributed by atoms with Crippen LogP contribution in [0, 0.1) is 5.92 Å². The van der Waals surface area contributed by atoms with E-state index in [2.05, 4.69) is 5.32 Å². The molecule has 20 heavy (non-hydrogen) atoms. The normalized spacial score (nSPS) is 28.2. The maximum atomic E-state index is 12.6. The van der Waals surface area contributed by atoms with Crippen LogP contribution in [-0.4, -0.2) is 55.8 Å². The van der Waals surface area contributed by atoms with E-state index in [1.54, 1.807) is 11.8 Å². The van der Waals surface area contributed by atoms with Gasteiger partial charge in [-0.15, -0.1) is 0 Å². The van der Waals surface area contributed by atoms with Crippen molar-refractivity contribution in [2.24, 2.45) is 5.92 Å². The van der Waals surface area contributed by atoms with Gasteiger partial charge >= 0.3 is 0 Å². The predicted molar refractivity (Wildman–Crippen MR) is 74.8 cm³/mol. The Morgan fingerprint density at radius 2 is 2.00 bits per heavy atom. The Bertz CT molecular complexity index is 512. The second kappa shape index (κ2) is 5.35. The van der Waals surface area contributed by atoms with E-state index < -0.39 is 15.4 Å². The molecule has 6 nitrogen and oxygen atoms in total. The second-order valence-corrected chi connectivity index (χ2v) is 8.31. The maximum absolute atomic E-state index is 12.6. The Morgan fingerprint density at radius 3 is 2.55 bits per heavy atom. The second-order valence-electron chi connectivity index (χ2n) is 6.05. The molecule has 1 saturated carbocycles. The first-order chi connectivity index (χ1) is 9.22. The molecule has 0 bridgehead atoms. The van der Waals surface area contributed by atoms with Gasteiger partial charge in [-0.3, -0.25) is 9.59 Å². The number of hydrogen-bond donors (Lipinski definition) is 1. The molecule has 2 aliphatic rings. The van der Waals surface area contributed by atoms with Gasteiger partial charge in [-0.1, -0.05) is 0 Å². The van der Waals surface area contributed by atoms with Crippen LogP contribution in [-0.2, 0) is 19.4 Å². The molecule has 0 radical (unpaired) electrons. The van der Waals surface area contributed by atoms with Crippen LogP contribution in [0.15, 0.2) is 0 Å². The van der Waals surface area contributed by atoms with Gasteiger partial charge in [0.25, 0.3) is 0 Å². The first-order valence-corrected chi connectivity index (χ1v) is 9.06. The Kier molecular flexibility index (Phi) is 4.09. The topological polar surface area (TPSA) is 83.6 Å². The van der Waals surface area contributed by atoms with Gasteiger partial charge < -0.3 is 10.2 Å². The highest BCUT2D eigenvalue weighted by molar-refractivity contribution is 7.90. The zero-order valence-corrected chi connectivity index (χ0v) is 12.8. The van der Waals surface area contributed by atoms with Gasteiger partial charge in [0, 0.05) is 25.8 Å². The maximum Gasteiger partial charge on any atom is 0.248 e. The van der Waals surface area contributed by atoms with E-state index in [4.69, 9.17) is 0 Å². The molecular formula is C13H22N2O4S. The molecule has 0 aromatic rings. The molecule has 7 heteroatoms. The molecule has 1 aliphatic heterocycles. The largest absolute Gasteiger partial charge is 0.342 e. The third-order valence-corrected chi connectivity index (χ3v) is 5.11. The fourth-order valence-corrected chi connectivity index (χ4v) is 3.39. The highest BCUT2D eigenvalue weighted by Gasteiger charge is 2.50.